The first-order chi connectivity index (χ1) is 9.29. The molecule has 1 rings (SSSR count). The predicted octanol–water partition coefficient (Wildman–Crippen LogP) is 4.93. The fourth-order valence-corrected chi connectivity index (χ4v) is 3.90. The van der Waals surface area contributed by atoms with Gasteiger partial charge in [0.1, 0.15) is 0 Å². The second kappa shape index (κ2) is 9.77. The molecule has 0 amide bonds. The Labute approximate surface area is 120 Å². The van der Waals surface area contributed by atoms with Crippen LogP contribution in [-0.2, 0) is 0 Å². The molecule has 0 aromatic carbocycles. The third-order valence-corrected chi connectivity index (χ3v) is 5.34. The lowest BCUT2D eigenvalue weighted by Gasteiger charge is -2.36. The third kappa shape index (κ3) is 5.43. The van der Waals surface area contributed by atoms with Crippen molar-refractivity contribution in [2.45, 2.75) is 103 Å². The standard InChI is InChI=1S/C17H36N2/c1-3-5-6-7-8-9-10-13-16(19-18)17(4-2)14-11-12-15-17/h16,19H,3-15,18H2,1-2H3. The second-order valence-corrected chi connectivity index (χ2v) is 6.55. The Balaban J connectivity index is 2.18. The molecular formula is C17H36N2. The first-order valence-electron chi connectivity index (χ1n) is 8.75. The Hall–Kier alpha value is -0.0800. The van der Waals surface area contributed by atoms with Gasteiger partial charge in [-0.05, 0) is 31.1 Å². The van der Waals surface area contributed by atoms with Crippen molar-refractivity contribution in [3.63, 3.8) is 0 Å². The summed E-state index contributed by atoms with van der Waals surface area (Å²) >= 11 is 0. The molecule has 114 valence electrons. The minimum absolute atomic E-state index is 0.511. The van der Waals surface area contributed by atoms with Gasteiger partial charge < -0.3 is 0 Å². The van der Waals surface area contributed by atoms with Gasteiger partial charge in [-0.1, -0.05) is 71.6 Å². The van der Waals surface area contributed by atoms with E-state index in [0.29, 0.717) is 11.5 Å². The molecule has 2 nitrogen and oxygen atoms in total. The smallest absolute Gasteiger partial charge is 0.0266 e. The molecule has 1 atom stereocenters. The van der Waals surface area contributed by atoms with E-state index >= 15 is 0 Å². The number of rotatable bonds is 11. The van der Waals surface area contributed by atoms with Crippen LogP contribution < -0.4 is 11.3 Å². The van der Waals surface area contributed by atoms with E-state index in [1.165, 1.54) is 83.5 Å². The summed E-state index contributed by atoms with van der Waals surface area (Å²) in [5, 5.41) is 0. The number of hydrogen-bond donors (Lipinski definition) is 2. The molecule has 1 fully saturated rings. The average molecular weight is 268 g/mol. The van der Waals surface area contributed by atoms with Crippen LogP contribution in [-0.4, -0.2) is 6.04 Å². The summed E-state index contributed by atoms with van der Waals surface area (Å²) in [6.45, 7) is 4.63. The van der Waals surface area contributed by atoms with Crippen molar-refractivity contribution >= 4 is 0 Å². The molecule has 0 aromatic rings. The van der Waals surface area contributed by atoms with Crippen LogP contribution in [0, 0.1) is 5.41 Å². The maximum atomic E-state index is 5.84. The van der Waals surface area contributed by atoms with Gasteiger partial charge in [0.25, 0.3) is 0 Å². The molecular weight excluding hydrogens is 232 g/mol. The SMILES string of the molecule is CCCCCCCCCC(NN)C1(CC)CCCC1. The van der Waals surface area contributed by atoms with Crippen molar-refractivity contribution in [1.82, 2.24) is 5.43 Å². The van der Waals surface area contributed by atoms with Gasteiger partial charge in [-0.2, -0.15) is 0 Å². The zero-order valence-corrected chi connectivity index (χ0v) is 13.3. The summed E-state index contributed by atoms with van der Waals surface area (Å²) in [6, 6.07) is 0.552. The third-order valence-electron chi connectivity index (χ3n) is 5.34. The molecule has 0 aliphatic heterocycles. The van der Waals surface area contributed by atoms with Crippen molar-refractivity contribution < 1.29 is 0 Å². The molecule has 0 heterocycles. The number of nitrogens with two attached hydrogens (primary N) is 1. The Morgan fingerprint density at radius 2 is 1.53 bits per heavy atom. The van der Waals surface area contributed by atoms with Crippen molar-refractivity contribution in [2.24, 2.45) is 11.3 Å². The lowest BCUT2D eigenvalue weighted by Crippen LogP contribution is -2.47. The summed E-state index contributed by atoms with van der Waals surface area (Å²) in [6.07, 6.45) is 17.9. The van der Waals surface area contributed by atoms with E-state index in [1.54, 1.807) is 0 Å². The number of nitrogens with one attached hydrogen (secondary N) is 1. The first-order valence-corrected chi connectivity index (χ1v) is 8.75. The molecule has 0 spiro atoms. The largest absolute Gasteiger partial charge is 0.271 e. The zero-order chi connectivity index (χ0) is 14.0. The van der Waals surface area contributed by atoms with Gasteiger partial charge in [-0.25, -0.2) is 0 Å². The lowest BCUT2D eigenvalue weighted by atomic mass is 9.74. The summed E-state index contributed by atoms with van der Waals surface area (Å²) < 4.78 is 0. The van der Waals surface area contributed by atoms with Crippen LogP contribution in [0.2, 0.25) is 0 Å². The molecule has 2 heteroatoms. The van der Waals surface area contributed by atoms with Crippen LogP contribution in [0.25, 0.3) is 0 Å². The summed E-state index contributed by atoms with van der Waals surface area (Å²) in [5.74, 6) is 5.84. The van der Waals surface area contributed by atoms with Crippen LogP contribution in [0.1, 0.15) is 97.3 Å². The van der Waals surface area contributed by atoms with Crippen molar-refractivity contribution in [1.29, 1.82) is 0 Å². The Kier molecular flexibility index (Phi) is 8.72. The molecule has 0 bridgehead atoms. The second-order valence-electron chi connectivity index (χ2n) is 6.55. The Morgan fingerprint density at radius 1 is 0.947 bits per heavy atom. The van der Waals surface area contributed by atoms with Crippen LogP contribution >= 0.6 is 0 Å². The highest BCUT2D eigenvalue weighted by Crippen LogP contribution is 2.45. The molecule has 19 heavy (non-hydrogen) atoms. The molecule has 1 aliphatic carbocycles. The fraction of sp³-hybridized carbons (Fsp3) is 1.00. The quantitative estimate of drug-likeness (QED) is 0.317. The molecule has 0 saturated heterocycles. The number of hydrogen-bond acceptors (Lipinski definition) is 2. The van der Waals surface area contributed by atoms with E-state index in [4.69, 9.17) is 5.84 Å². The van der Waals surface area contributed by atoms with E-state index in [9.17, 15) is 0 Å². The average Bonchev–Trinajstić information content (AvgIpc) is 2.92. The van der Waals surface area contributed by atoms with Gasteiger partial charge in [0, 0.05) is 6.04 Å². The Morgan fingerprint density at radius 3 is 2.05 bits per heavy atom. The lowest BCUT2D eigenvalue weighted by molar-refractivity contribution is 0.174. The van der Waals surface area contributed by atoms with Crippen LogP contribution in [0.15, 0.2) is 0 Å². The minimum atomic E-state index is 0.511. The predicted molar refractivity (Wildman–Crippen MR) is 84.9 cm³/mol. The summed E-state index contributed by atoms with van der Waals surface area (Å²) in [4.78, 5) is 0. The summed E-state index contributed by atoms with van der Waals surface area (Å²) in [7, 11) is 0. The first kappa shape index (κ1) is 17.0. The van der Waals surface area contributed by atoms with E-state index in [0.717, 1.165) is 0 Å². The Bertz CT molecular complexity index is 209. The maximum Gasteiger partial charge on any atom is 0.0266 e. The van der Waals surface area contributed by atoms with Gasteiger partial charge >= 0.3 is 0 Å². The van der Waals surface area contributed by atoms with Gasteiger partial charge in [-0.3, -0.25) is 11.3 Å². The highest BCUT2D eigenvalue weighted by Gasteiger charge is 2.38. The maximum absolute atomic E-state index is 5.84. The van der Waals surface area contributed by atoms with Gasteiger partial charge in [-0.15, -0.1) is 0 Å². The number of unbranched alkanes of at least 4 members (excludes halogenated alkanes) is 6. The normalized spacial score (nSPS) is 19.7. The molecule has 1 saturated carbocycles. The topological polar surface area (TPSA) is 38.0 Å². The van der Waals surface area contributed by atoms with Gasteiger partial charge in [0.05, 0.1) is 0 Å². The molecule has 1 aliphatic rings. The van der Waals surface area contributed by atoms with Crippen molar-refractivity contribution in [3.05, 3.63) is 0 Å². The van der Waals surface area contributed by atoms with Crippen LogP contribution in [0.4, 0.5) is 0 Å². The molecule has 0 radical (unpaired) electrons. The van der Waals surface area contributed by atoms with Gasteiger partial charge in [0.15, 0.2) is 0 Å². The van der Waals surface area contributed by atoms with E-state index in [-0.39, 0.29) is 0 Å². The monoisotopic (exact) mass is 268 g/mol. The summed E-state index contributed by atoms with van der Waals surface area (Å²) in [5.41, 5.74) is 3.66. The molecule has 0 aromatic heterocycles. The highest BCUT2D eigenvalue weighted by molar-refractivity contribution is 4.92. The van der Waals surface area contributed by atoms with E-state index in [1.807, 2.05) is 0 Å². The van der Waals surface area contributed by atoms with Gasteiger partial charge in [0.2, 0.25) is 0 Å². The van der Waals surface area contributed by atoms with E-state index in [2.05, 4.69) is 19.3 Å². The molecule has 3 N–H and O–H groups in total. The zero-order valence-electron chi connectivity index (χ0n) is 13.3. The van der Waals surface area contributed by atoms with Crippen molar-refractivity contribution in [2.75, 3.05) is 0 Å². The van der Waals surface area contributed by atoms with Crippen molar-refractivity contribution in [3.8, 4) is 0 Å². The molecule has 1 unspecified atom stereocenters. The van der Waals surface area contributed by atoms with Crippen LogP contribution in [0.5, 0.6) is 0 Å². The fourth-order valence-electron chi connectivity index (χ4n) is 3.90. The minimum Gasteiger partial charge on any atom is -0.271 e. The van der Waals surface area contributed by atoms with Crippen LogP contribution in [0.3, 0.4) is 0 Å². The van der Waals surface area contributed by atoms with E-state index < -0.39 is 0 Å². The highest BCUT2D eigenvalue weighted by atomic mass is 15.2. The number of hydrazine groups is 1.